The van der Waals surface area contributed by atoms with Crippen molar-refractivity contribution in [3.63, 3.8) is 0 Å². The highest BCUT2D eigenvalue weighted by atomic mass is 35.5. The lowest BCUT2D eigenvalue weighted by atomic mass is 10.2. The van der Waals surface area contributed by atoms with Crippen molar-refractivity contribution in [1.82, 2.24) is 5.32 Å². The average Bonchev–Trinajstić information content (AvgIpc) is 2.20. The Balaban J connectivity index is 2.31. The van der Waals surface area contributed by atoms with Gasteiger partial charge in [-0.25, -0.2) is 0 Å². The maximum absolute atomic E-state index is 6.04. The Morgan fingerprint density at radius 2 is 2.13 bits per heavy atom. The molecular formula is C11H15Cl2NS. The lowest BCUT2D eigenvalue weighted by molar-refractivity contribution is 0.679. The minimum absolute atomic E-state index is 0.686. The largest absolute Gasteiger partial charge is 0.313 e. The predicted octanol–water partition coefficient (Wildman–Crippen LogP) is 3.84. The second-order valence-corrected chi connectivity index (χ2v) is 5.09. The number of thioether (sulfide) groups is 1. The van der Waals surface area contributed by atoms with E-state index in [0.717, 1.165) is 23.7 Å². The van der Waals surface area contributed by atoms with Crippen molar-refractivity contribution in [2.45, 2.75) is 13.0 Å². The van der Waals surface area contributed by atoms with E-state index in [4.69, 9.17) is 23.2 Å². The van der Waals surface area contributed by atoms with Crippen LogP contribution in [0, 0.1) is 0 Å². The molecule has 1 aromatic rings. The number of nitrogens with one attached hydrogen (secondary N) is 1. The summed E-state index contributed by atoms with van der Waals surface area (Å²) in [6.45, 7) is 1.84. The van der Waals surface area contributed by atoms with E-state index >= 15 is 0 Å². The maximum Gasteiger partial charge on any atom is 0.0465 e. The van der Waals surface area contributed by atoms with E-state index in [9.17, 15) is 0 Å². The van der Waals surface area contributed by atoms with Gasteiger partial charge >= 0.3 is 0 Å². The van der Waals surface area contributed by atoms with Crippen LogP contribution in [-0.4, -0.2) is 18.6 Å². The normalized spacial score (nSPS) is 10.6. The van der Waals surface area contributed by atoms with Gasteiger partial charge in [0, 0.05) is 16.6 Å². The first-order valence-corrected chi connectivity index (χ1v) is 7.02. The van der Waals surface area contributed by atoms with Crippen molar-refractivity contribution in [3.05, 3.63) is 33.8 Å². The van der Waals surface area contributed by atoms with Crippen molar-refractivity contribution in [1.29, 1.82) is 0 Å². The smallest absolute Gasteiger partial charge is 0.0465 e. The van der Waals surface area contributed by atoms with Crippen molar-refractivity contribution < 1.29 is 0 Å². The van der Waals surface area contributed by atoms with Gasteiger partial charge in [0.25, 0.3) is 0 Å². The highest BCUT2D eigenvalue weighted by molar-refractivity contribution is 7.98. The van der Waals surface area contributed by atoms with Crippen LogP contribution >= 0.6 is 35.0 Å². The van der Waals surface area contributed by atoms with Gasteiger partial charge in [0.2, 0.25) is 0 Å². The van der Waals surface area contributed by atoms with Crippen molar-refractivity contribution >= 4 is 35.0 Å². The van der Waals surface area contributed by atoms with E-state index in [1.54, 1.807) is 6.07 Å². The molecule has 0 aliphatic carbocycles. The third-order valence-corrected chi connectivity index (χ3v) is 3.32. The molecular weight excluding hydrogens is 249 g/mol. The molecule has 0 amide bonds. The van der Waals surface area contributed by atoms with Crippen molar-refractivity contribution in [3.8, 4) is 0 Å². The molecule has 0 heterocycles. The first kappa shape index (κ1) is 13.2. The van der Waals surface area contributed by atoms with Crippen LogP contribution in [0.15, 0.2) is 18.2 Å². The zero-order valence-corrected chi connectivity index (χ0v) is 11.1. The molecule has 1 nitrogen and oxygen atoms in total. The van der Waals surface area contributed by atoms with Crippen LogP contribution in [0.4, 0.5) is 0 Å². The van der Waals surface area contributed by atoms with Crippen LogP contribution in [0.5, 0.6) is 0 Å². The summed E-state index contributed by atoms with van der Waals surface area (Å²) in [5.74, 6) is 1.20. The van der Waals surface area contributed by atoms with Crippen LogP contribution < -0.4 is 5.32 Å². The number of benzene rings is 1. The summed E-state index contributed by atoms with van der Waals surface area (Å²) in [5, 5.41) is 4.78. The van der Waals surface area contributed by atoms with Gasteiger partial charge in [-0.3, -0.25) is 0 Å². The van der Waals surface area contributed by atoms with E-state index < -0.39 is 0 Å². The first-order valence-electron chi connectivity index (χ1n) is 4.87. The molecule has 1 N–H and O–H groups in total. The van der Waals surface area contributed by atoms with E-state index in [-0.39, 0.29) is 0 Å². The summed E-state index contributed by atoms with van der Waals surface area (Å²) in [6, 6.07) is 5.61. The quantitative estimate of drug-likeness (QED) is 0.783. The summed E-state index contributed by atoms with van der Waals surface area (Å²) in [4.78, 5) is 0. The Hall–Kier alpha value is 0.110. The summed E-state index contributed by atoms with van der Waals surface area (Å²) < 4.78 is 0. The maximum atomic E-state index is 6.04. The SMILES string of the molecule is CSCCCNCc1ccc(Cl)cc1Cl. The lowest BCUT2D eigenvalue weighted by Crippen LogP contribution is -2.15. The lowest BCUT2D eigenvalue weighted by Gasteiger charge is -2.06. The Morgan fingerprint density at radius 1 is 1.33 bits per heavy atom. The molecule has 0 unspecified atom stereocenters. The average molecular weight is 264 g/mol. The van der Waals surface area contributed by atoms with Crippen LogP contribution in [-0.2, 0) is 6.54 Å². The minimum Gasteiger partial charge on any atom is -0.313 e. The van der Waals surface area contributed by atoms with Gasteiger partial charge in [0.05, 0.1) is 0 Å². The molecule has 0 aliphatic rings. The summed E-state index contributed by atoms with van der Waals surface area (Å²) in [7, 11) is 0. The Morgan fingerprint density at radius 3 is 2.80 bits per heavy atom. The standard InChI is InChI=1S/C11H15Cl2NS/c1-15-6-2-5-14-8-9-3-4-10(12)7-11(9)13/h3-4,7,14H,2,5-6,8H2,1H3. The topological polar surface area (TPSA) is 12.0 Å². The highest BCUT2D eigenvalue weighted by Gasteiger charge is 2.00. The molecule has 0 saturated heterocycles. The third-order valence-electron chi connectivity index (χ3n) is 2.03. The zero-order chi connectivity index (χ0) is 11.1. The number of halogens is 2. The minimum atomic E-state index is 0.686. The van der Waals surface area contributed by atoms with Crippen LogP contribution in [0.2, 0.25) is 10.0 Å². The Labute approximate surface area is 106 Å². The van der Waals surface area contributed by atoms with Gasteiger partial charge in [-0.15, -0.1) is 0 Å². The highest BCUT2D eigenvalue weighted by Crippen LogP contribution is 2.20. The monoisotopic (exact) mass is 263 g/mol. The van der Waals surface area contributed by atoms with Crippen LogP contribution in [0.1, 0.15) is 12.0 Å². The van der Waals surface area contributed by atoms with Gasteiger partial charge in [-0.05, 0) is 42.7 Å². The Kier molecular flexibility index (Phi) is 6.50. The predicted molar refractivity (Wildman–Crippen MR) is 71.2 cm³/mol. The van der Waals surface area contributed by atoms with Crippen LogP contribution in [0.3, 0.4) is 0 Å². The van der Waals surface area contributed by atoms with Crippen molar-refractivity contribution in [2.75, 3.05) is 18.6 Å². The molecule has 84 valence electrons. The summed E-state index contributed by atoms with van der Waals surface area (Å²) in [5.41, 5.74) is 1.10. The molecule has 15 heavy (non-hydrogen) atoms. The zero-order valence-electron chi connectivity index (χ0n) is 8.72. The fraction of sp³-hybridized carbons (Fsp3) is 0.455. The van der Waals surface area contributed by atoms with E-state index in [1.807, 2.05) is 23.9 Å². The molecule has 1 aromatic carbocycles. The number of hydrogen-bond donors (Lipinski definition) is 1. The van der Waals surface area contributed by atoms with E-state index in [2.05, 4.69) is 11.6 Å². The Bertz CT molecular complexity index is 305. The summed E-state index contributed by atoms with van der Waals surface area (Å²) >= 11 is 13.7. The molecule has 0 aliphatic heterocycles. The van der Waals surface area contributed by atoms with Crippen molar-refractivity contribution in [2.24, 2.45) is 0 Å². The number of rotatable bonds is 6. The van der Waals surface area contributed by atoms with E-state index in [0.29, 0.717) is 5.02 Å². The number of hydrogen-bond acceptors (Lipinski definition) is 2. The first-order chi connectivity index (χ1) is 7.24. The van der Waals surface area contributed by atoms with Gasteiger partial charge in [0.1, 0.15) is 0 Å². The molecule has 0 saturated carbocycles. The van der Waals surface area contributed by atoms with Gasteiger partial charge in [-0.2, -0.15) is 11.8 Å². The molecule has 1 rings (SSSR count). The second kappa shape index (κ2) is 7.39. The van der Waals surface area contributed by atoms with E-state index in [1.165, 1.54) is 12.2 Å². The van der Waals surface area contributed by atoms with Gasteiger partial charge in [0.15, 0.2) is 0 Å². The molecule has 0 aromatic heterocycles. The molecule has 0 bridgehead atoms. The summed E-state index contributed by atoms with van der Waals surface area (Å²) in [6.07, 6.45) is 3.31. The van der Waals surface area contributed by atoms with Gasteiger partial charge < -0.3 is 5.32 Å². The molecule has 0 spiro atoms. The molecule has 0 radical (unpaired) electrons. The molecule has 0 atom stereocenters. The van der Waals surface area contributed by atoms with Gasteiger partial charge in [-0.1, -0.05) is 29.3 Å². The third kappa shape index (κ3) is 5.12. The fourth-order valence-electron chi connectivity index (χ4n) is 1.23. The fourth-order valence-corrected chi connectivity index (χ4v) is 2.14. The second-order valence-electron chi connectivity index (χ2n) is 3.26. The van der Waals surface area contributed by atoms with Crippen LogP contribution in [0.25, 0.3) is 0 Å². The molecule has 4 heteroatoms. The molecule has 0 fully saturated rings.